The van der Waals surface area contributed by atoms with Gasteiger partial charge in [0.15, 0.2) is 0 Å². The van der Waals surface area contributed by atoms with Gasteiger partial charge in [-0.05, 0) is 52.7 Å². The molecule has 0 heterocycles. The fourth-order valence-electron chi connectivity index (χ4n) is 2.09. The summed E-state index contributed by atoms with van der Waals surface area (Å²) in [4.78, 5) is 22.5. The van der Waals surface area contributed by atoms with Crippen LogP contribution in [-0.4, -0.2) is 64.9 Å². The van der Waals surface area contributed by atoms with Gasteiger partial charge in [-0.2, -0.15) is 0 Å². The van der Waals surface area contributed by atoms with Crippen LogP contribution < -0.4 is 16.0 Å². The van der Waals surface area contributed by atoms with Crippen LogP contribution >= 0.6 is 0 Å². The van der Waals surface area contributed by atoms with E-state index in [2.05, 4.69) is 27.6 Å². The normalized spacial score (nSPS) is 12.0. The number of hydrogen-bond acceptors (Lipinski definition) is 6. The number of ether oxygens (including phenoxy) is 2. The largest absolute Gasteiger partial charge is 0.469 e. The molecule has 24 heavy (non-hydrogen) atoms. The first-order valence-corrected chi connectivity index (χ1v) is 8.89. The van der Waals surface area contributed by atoms with Gasteiger partial charge in [0.05, 0.1) is 7.11 Å². The lowest BCUT2D eigenvalue weighted by Crippen LogP contribution is -2.31. The molecule has 1 amide bonds. The van der Waals surface area contributed by atoms with E-state index >= 15 is 0 Å². The van der Waals surface area contributed by atoms with Crippen molar-refractivity contribution in [3.05, 3.63) is 0 Å². The van der Waals surface area contributed by atoms with Crippen LogP contribution in [0, 0.1) is 0 Å². The highest BCUT2D eigenvalue weighted by Crippen LogP contribution is 2.00. The molecule has 0 radical (unpaired) electrons. The molecule has 1 unspecified atom stereocenters. The lowest BCUT2D eigenvalue weighted by Gasteiger charge is -2.13. The Labute approximate surface area is 146 Å². The van der Waals surface area contributed by atoms with E-state index in [-0.39, 0.29) is 18.5 Å². The van der Waals surface area contributed by atoms with Crippen LogP contribution in [-0.2, 0) is 19.1 Å². The second-order valence-electron chi connectivity index (χ2n) is 5.89. The number of amides is 1. The zero-order valence-electron chi connectivity index (χ0n) is 15.5. The van der Waals surface area contributed by atoms with E-state index in [1.54, 1.807) is 0 Å². The molecule has 3 N–H and O–H groups in total. The van der Waals surface area contributed by atoms with Crippen molar-refractivity contribution in [1.82, 2.24) is 16.0 Å². The first kappa shape index (κ1) is 22.8. The molecule has 0 aliphatic heterocycles. The van der Waals surface area contributed by atoms with Crippen molar-refractivity contribution in [2.24, 2.45) is 0 Å². The van der Waals surface area contributed by atoms with Crippen LogP contribution in [0.25, 0.3) is 0 Å². The molecule has 0 bridgehead atoms. The predicted octanol–water partition coefficient (Wildman–Crippen LogP) is 0.830. The average Bonchev–Trinajstić information content (AvgIpc) is 2.58. The molecular formula is C17H35N3O4. The van der Waals surface area contributed by atoms with Crippen LogP contribution in [0.1, 0.15) is 45.4 Å². The predicted molar refractivity (Wildman–Crippen MR) is 94.9 cm³/mol. The molecule has 0 spiro atoms. The molecule has 0 saturated heterocycles. The third kappa shape index (κ3) is 15.7. The van der Waals surface area contributed by atoms with E-state index < -0.39 is 0 Å². The van der Waals surface area contributed by atoms with Gasteiger partial charge < -0.3 is 25.4 Å². The Balaban J connectivity index is 3.35. The SMILES string of the molecule is CNCCCNC(C)CCOCC(=O)NCCCCCC(=O)OC. The minimum absolute atomic E-state index is 0.0856. The smallest absolute Gasteiger partial charge is 0.305 e. The topological polar surface area (TPSA) is 88.7 Å². The third-order valence-electron chi connectivity index (χ3n) is 3.63. The van der Waals surface area contributed by atoms with Crippen LogP contribution in [0.4, 0.5) is 0 Å². The van der Waals surface area contributed by atoms with Gasteiger partial charge >= 0.3 is 5.97 Å². The minimum Gasteiger partial charge on any atom is -0.469 e. The maximum atomic E-state index is 11.6. The number of methoxy groups -OCH3 is 1. The van der Waals surface area contributed by atoms with Crippen molar-refractivity contribution in [2.45, 2.75) is 51.5 Å². The monoisotopic (exact) mass is 345 g/mol. The standard InChI is InChI=1S/C17H35N3O4/c1-15(19-12-7-10-18-2)9-13-24-14-16(21)20-11-6-4-5-8-17(22)23-3/h15,18-19H,4-14H2,1-3H3,(H,20,21). The molecular weight excluding hydrogens is 310 g/mol. The Kier molecular flexibility index (Phi) is 15.9. The summed E-state index contributed by atoms with van der Waals surface area (Å²) in [5, 5.41) is 9.35. The number of rotatable bonds is 16. The molecule has 0 fully saturated rings. The molecule has 0 aliphatic rings. The maximum absolute atomic E-state index is 11.6. The number of esters is 1. The summed E-state index contributed by atoms with van der Waals surface area (Å²) >= 11 is 0. The van der Waals surface area contributed by atoms with Crippen LogP contribution in [0.5, 0.6) is 0 Å². The molecule has 7 heteroatoms. The summed E-state index contributed by atoms with van der Waals surface area (Å²) in [5.41, 5.74) is 0. The highest BCUT2D eigenvalue weighted by molar-refractivity contribution is 5.77. The van der Waals surface area contributed by atoms with Crippen molar-refractivity contribution in [2.75, 3.05) is 47.0 Å². The number of unbranched alkanes of at least 4 members (excludes halogenated alkanes) is 2. The maximum Gasteiger partial charge on any atom is 0.305 e. The molecule has 142 valence electrons. The molecule has 0 saturated carbocycles. The zero-order chi connectivity index (χ0) is 18.0. The molecule has 0 aromatic rings. The van der Waals surface area contributed by atoms with E-state index in [1.165, 1.54) is 7.11 Å². The molecule has 7 nitrogen and oxygen atoms in total. The Hall–Kier alpha value is -1.18. The summed E-state index contributed by atoms with van der Waals surface area (Å²) in [6.07, 6.45) is 4.97. The van der Waals surface area contributed by atoms with E-state index in [4.69, 9.17) is 4.74 Å². The van der Waals surface area contributed by atoms with Crippen LogP contribution in [0.2, 0.25) is 0 Å². The van der Waals surface area contributed by atoms with Gasteiger partial charge in [-0.25, -0.2) is 0 Å². The highest BCUT2D eigenvalue weighted by atomic mass is 16.5. The van der Waals surface area contributed by atoms with Gasteiger partial charge in [-0.3, -0.25) is 9.59 Å². The van der Waals surface area contributed by atoms with Gasteiger partial charge in [0.25, 0.3) is 0 Å². The summed E-state index contributed by atoms with van der Waals surface area (Å²) in [5.74, 6) is -0.268. The molecule has 0 aromatic carbocycles. The molecule has 1 atom stereocenters. The Bertz CT molecular complexity index is 327. The third-order valence-corrected chi connectivity index (χ3v) is 3.63. The summed E-state index contributed by atoms with van der Waals surface area (Å²) < 4.78 is 9.96. The quantitative estimate of drug-likeness (QED) is 0.284. The van der Waals surface area contributed by atoms with E-state index in [9.17, 15) is 9.59 Å². The number of carbonyl (C=O) groups excluding carboxylic acids is 2. The van der Waals surface area contributed by atoms with Crippen LogP contribution in [0.3, 0.4) is 0 Å². The summed E-state index contributed by atoms with van der Waals surface area (Å²) in [7, 11) is 3.34. The lowest BCUT2D eigenvalue weighted by atomic mass is 10.2. The van der Waals surface area contributed by atoms with Gasteiger partial charge in [-0.15, -0.1) is 0 Å². The highest BCUT2D eigenvalue weighted by Gasteiger charge is 2.04. The van der Waals surface area contributed by atoms with Crippen molar-refractivity contribution in [3.63, 3.8) is 0 Å². The van der Waals surface area contributed by atoms with Crippen molar-refractivity contribution in [3.8, 4) is 0 Å². The Morgan fingerprint density at radius 1 is 1.04 bits per heavy atom. The lowest BCUT2D eigenvalue weighted by molar-refractivity contribution is -0.140. The zero-order valence-corrected chi connectivity index (χ0v) is 15.5. The fraction of sp³-hybridized carbons (Fsp3) is 0.882. The molecule has 0 aliphatic carbocycles. The second-order valence-corrected chi connectivity index (χ2v) is 5.89. The first-order chi connectivity index (χ1) is 11.6. The Morgan fingerprint density at radius 3 is 2.54 bits per heavy atom. The average molecular weight is 345 g/mol. The van der Waals surface area contributed by atoms with Crippen molar-refractivity contribution >= 4 is 11.9 Å². The number of nitrogens with one attached hydrogen (secondary N) is 3. The second kappa shape index (κ2) is 16.7. The van der Waals surface area contributed by atoms with E-state index in [0.717, 1.165) is 45.2 Å². The number of hydrogen-bond donors (Lipinski definition) is 3. The van der Waals surface area contributed by atoms with E-state index in [1.807, 2.05) is 7.05 Å². The van der Waals surface area contributed by atoms with Gasteiger partial charge in [0.1, 0.15) is 6.61 Å². The van der Waals surface area contributed by atoms with Crippen molar-refractivity contribution < 1.29 is 19.1 Å². The molecule has 0 aromatic heterocycles. The van der Waals surface area contributed by atoms with Gasteiger partial charge in [0, 0.05) is 25.6 Å². The van der Waals surface area contributed by atoms with E-state index in [0.29, 0.717) is 25.6 Å². The van der Waals surface area contributed by atoms with Crippen molar-refractivity contribution in [1.29, 1.82) is 0 Å². The fourth-order valence-corrected chi connectivity index (χ4v) is 2.09. The molecule has 0 rings (SSSR count). The summed E-state index contributed by atoms with van der Waals surface area (Å²) in [6, 6.07) is 0.389. The summed E-state index contributed by atoms with van der Waals surface area (Å²) in [6.45, 7) is 5.42. The Morgan fingerprint density at radius 2 is 1.83 bits per heavy atom. The number of carbonyl (C=O) groups is 2. The first-order valence-electron chi connectivity index (χ1n) is 8.89. The van der Waals surface area contributed by atoms with Gasteiger partial charge in [-0.1, -0.05) is 6.42 Å². The van der Waals surface area contributed by atoms with Gasteiger partial charge in [0.2, 0.25) is 5.91 Å². The minimum atomic E-state index is -0.182. The van der Waals surface area contributed by atoms with Crippen LogP contribution in [0.15, 0.2) is 0 Å².